The van der Waals surface area contributed by atoms with Crippen LogP contribution < -0.4 is 5.32 Å². The van der Waals surface area contributed by atoms with E-state index in [-0.39, 0.29) is 19.1 Å². The Balaban J connectivity index is 3.29. The summed E-state index contributed by atoms with van der Waals surface area (Å²) in [6.45, 7) is 5.31. The number of aliphatic hydroxyl groups excluding tert-OH is 1. The van der Waals surface area contributed by atoms with E-state index in [2.05, 4.69) is 5.32 Å². The van der Waals surface area contributed by atoms with Crippen molar-refractivity contribution in [3.05, 3.63) is 0 Å². The van der Waals surface area contributed by atoms with Crippen molar-refractivity contribution in [1.29, 1.82) is 0 Å². The molecule has 84 valence electrons. The Kier molecular flexibility index (Phi) is 8.51. The maximum absolute atomic E-state index is 10.8. The number of carbonyl (C=O) groups excluding carboxylic acids is 1. The molecule has 0 bridgehead atoms. The number of hydrogen-bond donors (Lipinski definition) is 2. The smallest absolute Gasteiger partial charge is 0.319 e. The highest BCUT2D eigenvalue weighted by Crippen LogP contribution is 1.83. The Morgan fingerprint density at radius 3 is 2.71 bits per heavy atom. The molecule has 0 aromatic carbocycles. The molecule has 0 amide bonds. The van der Waals surface area contributed by atoms with Crippen LogP contribution in [0.5, 0.6) is 0 Å². The summed E-state index contributed by atoms with van der Waals surface area (Å²) < 4.78 is 9.68. The van der Waals surface area contributed by atoms with E-state index in [1.807, 2.05) is 6.92 Å². The first kappa shape index (κ1) is 13.4. The Bertz CT molecular complexity index is 152. The minimum absolute atomic E-state index is 0.122. The molecule has 0 saturated carbocycles. The van der Waals surface area contributed by atoms with Gasteiger partial charge in [0, 0.05) is 13.2 Å². The summed E-state index contributed by atoms with van der Waals surface area (Å²) in [7, 11) is 0. The molecule has 14 heavy (non-hydrogen) atoms. The maximum Gasteiger partial charge on any atom is 0.319 e. The number of carbonyl (C=O) groups is 1. The van der Waals surface area contributed by atoms with Gasteiger partial charge in [-0.25, -0.2) is 0 Å². The van der Waals surface area contributed by atoms with Gasteiger partial charge >= 0.3 is 5.97 Å². The Morgan fingerprint density at radius 1 is 1.43 bits per heavy atom. The molecule has 5 heteroatoms. The van der Waals surface area contributed by atoms with Crippen LogP contribution in [-0.2, 0) is 14.3 Å². The number of hydrogen-bond acceptors (Lipinski definition) is 5. The predicted molar refractivity (Wildman–Crippen MR) is 52.0 cm³/mol. The van der Waals surface area contributed by atoms with Crippen LogP contribution in [0.2, 0.25) is 0 Å². The number of nitrogens with one attached hydrogen (secondary N) is 1. The van der Waals surface area contributed by atoms with Crippen LogP contribution in [0.25, 0.3) is 0 Å². The average molecular weight is 205 g/mol. The van der Waals surface area contributed by atoms with Crippen molar-refractivity contribution < 1.29 is 19.4 Å². The third-order valence-corrected chi connectivity index (χ3v) is 1.47. The lowest BCUT2D eigenvalue weighted by molar-refractivity contribution is -0.142. The molecule has 0 fully saturated rings. The van der Waals surface area contributed by atoms with Crippen molar-refractivity contribution >= 4 is 5.97 Å². The molecule has 1 unspecified atom stereocenters. The molecule has 0 aromatic rings. The highest BCUT2D eigenvalue weighted by Gasteiger charge is 2.05. The second-order valence-electron chi connectivity index (χ2n) is 2.75. The van der Waals surface area contributed by atoms with Gasteiger partial charge in [-0.2, -0.15) is 0 Å². The van der Waals surface area contributed by atoms with Crippen LogP contribution >= 0.6 is 0 Å². The quantitative estimate of drug-likeness (QED) is 0.525. The molecule has 0 aliphatic rings. The molecule has 0 rings (SSSR count). The summed E-state index contributed by atoms with van der Waals surface area (Å²) in [5, 5.41) is 12.1. The topological polar surface area (TPSA) is 67.8 Å². The molecular weight excluding hydrogens is 186 g/mol. The van der Waals surface area contributed by atoms with Crippen molar-refractivity contribution in [2.24, 2.45) is 0 Å². The second kappa shape index (κ2) is 8.93. The fourth-order valence-electron chi connectivity index (χ4n) is 0.866. The van der Waals surface area contributed by atoms with Gasteiger partial charge in [0.25, 0.3) is 0 Å². The number of rotatable bonds is 8. The van der Waals surface area contributed by atoms with Crippen molar-refractivity contribution in [2.75, 3.05) is 32.9 Å². The summed E-state index contributed by atoms with van der Waals surface area (Å²) in [6.07, 6.45) is -0.579. The van der Waals surface area contributed by atoms with Crippen LogP contribution in [0.15, 0.2) is 0 Å². The first-order valence-electron chi connectivity index (χ1n) is 4.82. The van der Waals surface area contributed by atoms with Gasteiger partial charge in [0.15, 0.2) is 0 Å². The summed E-state index contributed by atoms with van der Waals surface area (Å²) in [5.74, 6) is -0.309. The number of aliphatic hydroxyl groups is 1. The Hall–Kier alpha value is -0.650. The lowest BCUT2D eigenvalue weighted by Crippen LogP contribution is -2.34. The SMILES string of the molecule is CCOCC(O)CNCC(=O)OCC. The largest absolute Gasteiger partial charge is 0.465 e. The lowest BCUT2D eigenvalue weighted by Gasteiger charge is -2.10. The zero-order valence-electron chi connectivity index (χ0n) is 8.78. The van der Waals surface area contributed by atoms with Crippen LogP contribution in [0.4, 0.5) is 0 Å². The van der Waals surface area contributed by atoms with Crippen molar-refractivity contribution in [3.63, 3.8) is 0 Å². The van der Waals surface area contributed by atoms with Gasteiger partial charge in [-0.1, -0.05) is 0 Å². The molecule has 0 heterocycles. The van der Waals surface area contributed by atoms with E-state index in [4.69, 9.17) is 9.47 Å². The molecule has 0 saturated heterocycles. The van der Waals surface area contributed by atoms with Crippen molar-refractivity contribution in [2.45, 2.75) is 20.0 Å². The average Bonchev–Trinajstić information content (AvgIpc) is 2.15. The summed E-state index contributed by atoms with van der Waals surface area (Å²) in [4.78, 5) is 10.8. The molecular formula is C9H19NO4. The number of ether oxygens (including phenoxy) is 2. The zero-order chi connectivity index (χ0) is 10.8. The monoisotopic (exact) mass is 205 g/mol. The summed E-state index contributed by atoms with van der Waals surface area (Å²) in [5.41, 5.74) is 0. The van der Waals surface area contributed by atoms with Gasteiger partial charge < -0.3 is 19.9 Å². The molecule has 0 radical (unpaired) electrons. The predicted octanol–water partition coefficient (Wildman–Crippen LogP) is -0.463. The number of esters is 1. The first-order chi connectivity index (χ1) is 6.70. The van der Waals surface area contributed by atoms with E-state index < -0.39 is 6.10 Å². The lowest BCUT2D eigenvalue weighted by atomic mass is 10.4. The van der Waals surface area contributed by atoms with E-state index in [0.717, 1.165) is 0 Å². The van der Waals surface area contributed by atoms with E-state index in [1.54, 1.807) is 6.92 Å². The van der Waals surface area contributed by atoms with Gasteiger partial charge in [-0.15, -0.1) is 0 Å². The van der Waals surface area contributed by atoms with Crippen molar-refractivity contribution in [1.82, 2.24) is 5.32 Å². The Labute approximate surface area is 84.4 Å². The van der Waals surface area contributed by atoms with Crippen LogP contribution in [0.3, 0.4) is 0 Å². The van der Waals surface area contributed by atoms with Crippen LogP contribution in [0, 0.1) is 0 Å². The molecule has 0 aliphatic heterocycles. The highest BCUT2D eigenvalue weighted by molar-refractivity contribution is 5.71. The molecule has 0 spiro atoms. The third-order valence-electron chi connectivity index (χ3n) is 1.47. The standard InChI is InChI=1S/C9H19NO4/c1-3-13-7-8(11)5-10-6-9(12)14-4-2/h8,10-11H,3-7H2,1-2H3. The van der Waals surface area contributed by atoms with Gasteiger partial charge in [0.05, 0.1) is 25.9 Å². The summed E-state index contributed by atoms with van der Waals surface area (Å²) in [6, 6.07) is 0. The second-order valence-corrected chi connectivity index (χ2v) is 2.75. The van der Waals surface area contributed by atoms with E-state index in [0.29, 0.717) is 19.8 Å². The summed E-state index contributed by atoms with van der Waals surface area (Å²) >= 11 is 0. The van der Waals surface area contributed by atoms with Gasteiger partial charge in [0.1, 0.15) is 0 Å². The fraction of sp³-hybridized carbons (Fsp3) is 0.889. The van der Waals surface area contributed by atoms with Gasteiger partial charge in [-0.05, 0) is 13.8 Å². The normalized spacial score (nSPS) is 12.5. The molecule has 0 aromatic heterocycles. The molecule has 1 atom stereocenters. The molecule has 0 aliphatic carbocycles. The molecule has 2 N–H and O–H groups in total. The highest BCUT2D eigenvalue weighted by atomic mass is 16.5. The minimum atomic E-state index is -0.579. The Morgan fingerprint density at radius 2 is 2.14 bits per heavy atom. The van der Waals surface area contributed by atoms with Crippen LogP contribution in [0.1, 0.15) is 13.8 Å². The van der Waals surface area contributed by atoms with Gasteiger partial charge in [0.2, 0.25) is 0 Å². The van der Waals surface area contributed by atoms with Crippen molar-refractivity contribution in [3.8, 4) is 0 Å². The minimum Gasteiger partial charge on any atom is -0.465 e. The maximum atomic E-state index is 10.8. The van der Waals surface area contributed by atoms with E-state index in [9.17, 15) is 9.90 Å². The first-order valence-corrected chi connectivity index (χ1v) is 4.82. The van der Waals surface area contributed by atoms with E-state index in [1.165, 1.54) is 0 Å². The van der Waals surface area contributed by atoms with E-state index >= 15 is 0 Å². The third kappa shape index (κ3) is 7.97. The molecule has 5 nitrogen and oxygen atoms in total. The fourth-order valence-corrected chi connectivity index (χ4v) is 0.866. The van der Waals surface area contributed by atoms with Crippen LogP contribution in [-0.4, -0.2) is 50.1 Å². The zero-order valence-corrected chi connectivity index (χ0v) is 8.78. The van der Waals surface area contributed by atoms with Gasteiger partial charge in [-0.3, -0.25) is 4.79 Å².